The van der Waals surface area contributed by atoms with Gasteiger partial charge in [-0.3, -0.25) is 4.79 Å². The van der Waals surface area contributed by atoms with E-state index in [9.17, 15) is 10.1 Å². The average Bonchev–Trinajstić information content (AvgIpc) is 3.50. The number of aryl methyl sites for hydroxylation is 1. The van der Waals surface area contributed by atoms with E-state index >= 15 is 0 Å². The monoisotopic (exact) mass is 470 g/mol. The van der Waals surface area contributed by atoms with Gasteiger partial charge in [-0.2, -0.15) is 25.2 Å². The molecular weight excluding hydrogens is 444 g/mol. The number of benzene rings is 1. The number of pyridine rings is 1. The van der Waals surface area contributed by atoms with E-state index in [1.807, 2.05) is 67.0 Å². The average molecular weight is 471 g/mol. The molecule has 0 bridgehead atoms. The Morgan fingerprint density at radius 3 is 2.54 bits per heavy atom. The van der Waals surface area contributed by atoms with Gasteiger partial charge in [0.2, 0.25) is 5.65 Å². The van der Waals surface area contributed by atoms with Gasteiger partial charge in [-0.25, -0.2) is 4.98 Å². The molecule has 1 aliphatic heterocycles. The lowest BCUT2D eigenvalue weighted by Crippen LogP contribution is -2.48. The Labute approximate surface area is 202 Å². The van der Waals surface area contributed by atoms with Crippen LogP contribution in [0.3, 0.4) is 0 Å². The first-order valence-electron chi connectivity index (χ1n) is 11.5. The summed E-state index contributed by atoms with van der Waals surface area (Å²) < 4.78 is 5.85. The molecule has 178 valence electrons. The molecular formula is C25H26N8O2. The predicted octanol–water partition coefficient (Wildman–Crippen LogP) is 3.30. The van der Waals surface area contributed by atoms with Crippen LogP contribution in [0.2, 0.25) is 0 Å². The Morgan fingerprint density at radius 2 is 1.83 bits per heavy atom. The summed E-state index contributed by atoms with van der Waals surface area (Å²) in [6.07, 6.45) is 1.67. The zero-order valence-corrected chi connectivity index (χ0v) is 20.0. The minimum atomic E-state index is -0.549. The maximum absolute atomic E-state index is 13.1. The van der Waals surface area contributed by atoms with E-state index in [1.54, 1.807) is 6.20 Å². The molecule has 4 aromatic rings. The van der Waals surface area contributed by atoms with Gasteiger partial charge < -0.3 is 14.2 Å². The van der Waals surface area contributed by atoms with Crippen molar-refractivity contribution in [1.82, 2.24) is 29.9 Å². The van der Waals surface area contributed by atoms with Crippen LogP contribution in [0.5, 0.6) is 0 Å². The molecule has 35 heavy (non-hydrogen) atoms. The molecule has 1 fully saturated rings. The third-order valence-corrected chi connectivity index (χ3v) is 6.02. The van der Waals surface area contributed by atoms with Gasteiger partial charge in [0.05, 0.1) is 24.2 Å². The number of nitrogens with zero attached hydrogens (tertiary/aromatic N) is 8. The highest BCUT2D eigenvalue weighted by molar-refractivity contribution is 5.94. The molecule has 0 atom stereocenters. The van der Waals surface area contributed by atoms with E-state index in [0.29, 0.717) is 61.2 Å². The largest absolute Gasteiger partial charge is 0.422 e. The van der Waals surface area contributed by atoms with Crippen LogP contribution in [0.4, 0.5) is 6.01 Å². The number of fused-ring (bicyclic) bond motifs is 1. The van der Waals surface area contributed by atoms with Crippen LogP contribution in [0.1, 0.15) is 29.9 Å². The molecule has 0 aliphatic carbocycles. The summed E-state index contributed by atoms with van der Waals surface area (Å²) >= 11 is 0. The number of hydrogen-bond donors (Lipinski definition) is 0. The summed E-state index contributed by atoms with van der Waals surface area (Å²) in [5.74, 6) is -0.00881. The first-order valence-corrected chi connectivity index (χ1v) is 11.5. The van der Waals surface area contributed by atoms with Crippen molar-refractivity contribution >= 4 is 23.2 Å². The van der Waals surface area contributed by atoms with Gasteiger partial charge in [0, 0.05) is 43.0 Å². The normalized spacial score (nSPS) is 14.3. The van der Waals surface area contributed by atoms with E-state index in [4.69, 9.17) is 4.42 Å². The Bertz CT molecular complexity index is 1410. The Balaban J connectivity index is 1.21. The summed E-state index contributed by atoms with van der Waals surface area (Å²) in [5.41, 5.74) is 3.81. The maximum Gasteiger partial charge on any atom is 0.300 e. The molecule has 5 rings (SSSR count). The second-order valence-electron chi connectivity index (χ2n) is 9.38. The van der Waals surface area contributed by atoms with Crippen LogP contribution in [-0.2, 0) is 6.54 Å². The summed E-state index contributed by atoms with van der Waals surface area (Å²) in [4.78, 5) is 27.4. The first-order chi connectivity index (χ1) is 16.8. The van der Waals surface area contributed by atoms with Crippen molar-refractivity contribution in [3.05, 3.63) is 53.9 Å². The highest BCUT2D eigenvalue weighted by Crippen LogP contribution is 2.23. The van der Waals surface area contributed by atoms with Gasteiger partial charge in [-0.05, 0) is 45.0 Å². The first kappa shape index (κ1) is 22.5. The van der Waals surface area contributed by atoms with E-state index in [-0.39, 0.29) is 5.91 Å². The molecule has 0 unspecified atom stereocenters. The molecule has 1 aliphatic rings. The van der Waals surface area contributed by atoms with Gasteiger partial charge in [0.1, 0.15) is 5.69 Å². The Kier molecular flexibility index (Phi) is 5.68. The number of aromatic nitrogens is 5. The van der Waals surface area contributed by atoms with E-state index in [1.165, 1.54) is 4.80 Å². The number of oxazole rings is 1. The summed E-state index contributed by atoms with van der Waals surface area (Å²) in [5, 5.41) is 17.9. The second kappa shape index (κ2) is 8.83. The number of carbonyl (C=O) groups is 1. The van der Waals surface area contributed by atoms with Crippen molar-refractivity contribution < 1.29 is 9.21 Å². The molecule has 1 saturated heterocycles. The fourth-order valence-corrected chi connectivity index (χ4v) is 4.00. The smallest absolute Gasteiger partial charge is 0.300 e. The van der Waals surface area contributed by atoms with Crippen molar-refractivity contribution in [1.29, 1.82) is 5.26 Å². The zero-order chi connectivity index (χ0) is 24.6. The van der Waals surface area contributed by atoms with Crippen LogP contribution < -0.4 is 4.90 Å². The number of rotatable bonds is 5. The van der Waals surface area contributed by atoms with Crippen molar-refractivity contribution in [2.75, 3.05) is 31.1 Å². The predicted molar refractivity (Wildman–Crippen MR) is 130 cm³/mol. The van der Waals surface area contributed by atoms with Crippen molar-refractivity contribution in [3.63, 3.8) is 0 Å². The molecule has 10 nitrogen and oxygen atoms in total. The van der Waals surface area contributed by atoms with Gasteiger partial charge in [0.25, 0.3) is 11.9 Å². The van der Waals surface area contributed by atoms with Gasteiger partial charge >= 0.3 is 0 Å². The lowest BCUT2D eigenvalue weighted by molar-refractivity contribution is 0.0745. The van der Waals surface area contributed by atoms with Crippen LogP contribution in [0.15, 0.2) is 47.0 Å². The third-order valence-electron chi connectivity index (χ3n) is 6.02. The van der Waals surface area contributed by atoms with Crippen molar-refractivity contribution in [2.45, 2.75) is 27.3 Å². The fraction of sp³-hybridized carbons (Fsp3) is 0.360. The molecule has 0 N–H and O–H groups in total. The lowest BCUT2D eigenvalue weighted by atomic mass is 9.96. The number of hydrogen-bond acceptors (Lipinski definition) is 8. The fourth-order valence-electron chi connectivity index (χ4n) is 4.00. The molecule has 0 radical (unpaired) electrons. The van der Waals surface area contributed by atoms with Gasteiger partial charge in [-0.15, -0.1) is 0 Å². The second-order valence-corrected chi connectivity index (χ2v) is 9.38. The highest BCUT2D eigenvalue weighted by atomic mass is 16.4. The van der Waals surface area contributed by atoms with Crippen molar-refractivity contribution in [3.8, 4) is 17.3 Å². The van der Waals surface area contributed by atoms with E-state index < -0.39 is 5.41 Å². The van der Waals surface area contributed by atoms with Crippen LogP contribution in [0, 0.1) is 23.7 Å². The summed E-state index contributed by atoms with van der Waals surface area (Å²) in [6, 6.07) is 14.0. The van der Waals surface area contributed by atoms with Crippen LogP contribution in [0.25, 0.3) is 22.5 Å². The highest BCUT2D eigenvalue weighted by Gasteiger charge is 2.25. The van der Waals surface area contributed by atoms with Crippen molar-refractivity contribution in [2.24, 2.45) is 5.41 Å². The number of carbonyl (C=O) groups excluding carboxylic acids is 1. The van der Waals surface area contributed by atoms with Crippen LogP contribution >= 0.6 is 0 Å². The zero-order valence-electron chi connectivity index (χ0n) is 20.0. The minimum absolute atomic E-state index is 0.00881. The third kappa shape index (κ3) is 4.71. The summed E-state index contributed by atoms with van der Waals surface area (Å²) in [6.45, 7) is 8.46. The lowest BCUT2D eigenvalue weighted by Gasteiger charge is -2.33. The number of nitriles is 1. The topological polar surface area (TPSA) is 117 Å². The number of anilines is 1. The molecule has 4 heterocycles. The van der Waals surface area contributed by atoms with Crippen LogP contribution in [-0.4, -0.2) is 61.9 Å². The minimum Gasteiger partial charge on any atom is -0.422 e. The quantitative estimate of drug-likeness (QED) is 0.436. The standard InChI is InChI=1S/C25H26N8O2/c1-17-4-9-21-22(28-17)29-24(35-21)32-12-10-31(11-13-32)23(34)19-7-5-18(6-8-19)20-14-27-33(30-20)16-25(2,3)15-26/h4-9,14H,10-13,16H2,1-3H3. The molecule has 3 aromatic heterocycles. The number of amides is 1. The Morgan fingerprint density at radius 1 is 1.09 bits per heavy atom. The van der Waals surface area contributed by atoms with E-state index in [0.717, 1.165) is 11.3 Å². The molecule has 1 amide bonds. The Hall–Kier alpha value is -4.26. The van der Waals surface area contributed by atoms with Gasteiger partial charge in [0.15, 0.2) is 5.58 Å². The number of piperazine rings is 1. The SMILES string of the molecule is Cc1ccc2oc(N3CCN(C(=O)c4ccc(-c5cnn(CC(C)(C)C#N)n5)cc4)CC3)nc2n1. The molecule has 10 heteroatoms. The maximum atomic E-state index is 13.1. The van der Waals surface area contributed by atoms with Gasteiger partial charge in [-0.1, -0.05) is 12.1 Å². The molecule has 0 spiro atoms. The van der Waals surface area contributed by atoms with E-state index in [2.05, 4.69) is 26.2 Å². The molecule has 0 saturated carbocycles. The summed E-state index contributed by atoms with van der Waals surface area (Å²) in [7, 11) is 0. The molecule has 1 aromatic carbocycles.